The van der Waals surface area contributed by atoms with Gasteiger partial charge in [0.05, 0.1) is 0 Å². The largest absolute Gasteiger partial charge is 0.403 e. The van der Waals surface area contributed by atoms with Crippen molar-refractivity contribution in [2.75, 3.05) is 13.2 Å². The Balaban J connectivity index is 4.04. The second-order valence-corrected chi connectivity index (χ2v) is 8.95. The van der Waals surface area contributed by atoms with Gasteiger partial charge in [0, 0.05) is 0 Å². The molecule has 0 radical (unpaired) electrons. The monoisotopic (exact) mass is 357 g/mol. The molecular formula is C4H6Cl6NO3P. The maximum Gasteiger partial charge on any atom is 0.403 e. The Morgan fingerprint density at radius 2 is 1.20 bits per heavy atom. The van der Waals surface area contributed by atoms with Gasteiger partial charge in [-0.2, -0.15) is 0 Å². The third-order valence-electron chi connectivity index (χ3n) is 0.816. The number of hydrogen-bond acceptors (Lipinski definition) is 3. The summed E-state index contributed by atoms with van der Waals surface area (Å²) in [7, 11) is -3.89. The Kier molecular flexibility index (Phi) is 6.90. The molecule has 0 saturated heterocycles. The Labute approximate surface area is 117 Å². The van der Waals surface area contributed by atoms with E-state index in [0.29, 0.717) is 0 Å². The van der Waals surface area contributed by atoms with Crippen molar-refractivity contribution in [3.05, 3.63) is 0 Å². The quantitative estimate of drug-likeness (QED) is 0.612. The van der Waals surface area contributed by atoms with Crippen molar-refractivity contribution in [1.29, 1.82) is 0 Å². The van der Waals surface area contributed by atoms with E-state index < -0.39 is 28.5 Å². The molecule has 2 N–H and O–H groups in total. The molecule has 11 heteroatoms. The maximum atomic E-state index is 11.3. The standard InChI is InChI=1S/C4H6Cl6NO3P/c5-3(6,7)1-13-15(11,12)14-2-4(8,9)10/h1-2H2,(H2,11,12). The van der Waals surface area contributed by atoms with E-state index in [9.17, 15) is 4.57 Å². The van der Waals surface area contributed by atoms with Crippen LogP contribution in [0.3, 0.4) is 0 Å². The van der Waals surface area contributed by atoms with Gasteiger partial charge in [-0.25, -0.2) is 10.1 Å². The summed E-state index contributed by atoms with van der Waals surface area (Å²) in [6.07, 6.45) is 0. The molecule has 0 amide bonds. The Morgan fingerprint density at radius 1 is 0.933 bits per heavy atom. The molecule has 15 heavy (non-hydrogen) atoms. The highest BCUT2D eigenvalue weighted by Gasteiger charge is 2.30. The van der Waals surface area contributed by atoms with Gasteiger partial charge in [0.2, 0.25) is 7.59 Å². The fourth-order valence-corrected chi connectivity index (χ4v) is 1.97. The van der Waals surface area contributed by atoms with E-state index >= 15 is 0 Å². The predicted octanol–water partition coefficient (Wildman–Crippen LogP) is 3.83. The van der Waals surface area contributed by atoms with E-state index in [-0.39, 0.29) is 0 Å². The average Bonchev–Trinajstić information content (AvgIpc) is 1.96. The van der Waals surface area contributed by atoms with E-state index in [2.05, 4.69) is 9.05 Å². The van der Waals surface area contributed by atoms with Crippen LogP contribution in [0.15, 0.2) is 0 Å². The van der Waals surface area contributed by atoms with E-state index in [0.717, 1.165) is 0 Å². The first-order valence-corrected chi connectivity index (χ1v) is 7.10. The van der Waals surface area contributed by atoms with Gasteiger partial charge in [-0.15, -0.1) is 0 Å². The first kappa shape index (κ1) is 16.9. The molecule has 0 saturated carbocycles. The van der Waals surface area contributed by atoms with Gasteiger partial charge in [-0.05, 0) is 0 Å². The van der Waals surface area contributed by atoms with Crippen LogP contribution in [0, 0.1) is 0 Å². The Hall–Kier alpha value is 1.85. The maximum absolute atomic E-state index is 11.3. The highest BCUT2D eigenvalue weighted by molar-refractivity contribution is 7.51. The summed E-state index contributed by atoms with van der Waals surface area (Å²) in [5, 5.41) is 0. The first-order valence-electron chi connectivity index (χ1n) is 3.22. The molecule has 0 aliphatic carbocycles. The molecule has 0 bridgehead atoms. The summed E-state index contributed by atoms with van der Waals surface area (Å²) in [6.45, 7) is -1.02. The SMILES string of the molecule is NP(=O)(OCC(Cl)(Cl)Cl)OCC(Cl)(Cl)Cl. The lowest BCUT2D eigenvalue weighted by Gasteiger charge is -2.18. The molecule has 0 aromatic rings. The Morgan fingerprint density at radius 3 is 1.40 bits per heavy atom. The van der Waals surface area contributed by atoms with E-state index in [1.165, 1.54) is 0 Å². The lowest BCUT2D eigenvalue weighted by atomic mass is 10.9. The molecule has 0 rings (SSSR count). The molecule has 0 atom stereocenters. The summed E-state index contributed by atoms with van der Waals surface area (Å²) >= 11 is 31.9. The number of alkyl halides is 6. The van der Waals surface area contributed by atoms with Gasteiger partial charge >= 0.3 is 7.75 Å². The molecule has 0 fully saturated rings. The highest BCUT2D eigenvalue weighted by atomic mass is 35.6. The van der Waals surface area contributed by atoms with E-state index in [1.807, 2.05) is 0 Å². The van der Waals surface area contributed by atoms with Crippen molar-refractivity contribution in [2.24, 2.45) is 5.50 Å². The third-order valence-corrected chi connectivity index (χ3v) is 2.45. The average molecular weight is 360 g/mol. The summed E-state index contributed by atoms with van der Waals surface area (Å²) in [5.41, 5.74) is 5.09. The zero-order valence-corrected chi connectivity index (χ0v) is 12.4. The summed E-state index contributed by atoms with van der Waals surface area (Å²) in [6, 6.07) is 0. The van der Waals surface area contributed by atoms with Crippen molar-refractivity contribution < 1.29 is 13.6 Å². The van der Waals surface area contributed by atoms with Crippen molar-refractivity contribution >= 4 is 77.4 Å². The zero-order valence-electron chi connectivity index (χ0n) is 6.93. The van der Waals surface area contributed by atoms with Crippen LogP contribution in [0.1, 0.15) is 0 Å². The summed E-state index contributed by atoms with van der Waals surface area (Å²) in [4.78, 5) is 0. The van der Waals surface area contributed by atoms with Crippen LogP contribution in [-0.2, 0) is 13.6 Å². The van der Waals surface area contributed by atoms with Crippen molar-refractivity contribution in [3.63, 3.8) is 0 Å². The van der Waals surface area contributed by atoms with Crippen LogP contribution < -0.4 is 5.50 Å². The second kappa shape index (κ2) is 6.14. The Bertz CT molecular complexity index is 228. The van der Waals surface area contributed by atoms with Crippen LogP contribution in [0.25, 0.3) is 0 Å². The number of hydrogen-bond donors (Lipinski definition) is 1. The second-order valence-electron chi connectivity index (χ2n) is 2.32. The third kappa shape index (κ3) is 12.1. The molecule has 0 aliphatic heterocycles. The molecule has 0 aliphatic rings. The molecule has 0 spiro atoms. The minimum atomic E-state index is -3.89. The van der Waals surface area contributed by atoms with Gasteiger partial charge in [-0.1, -0.05) is 69.6 Å². The molecule has 92 valence electrons. The first-order chi connectivity index (χ1) is 6.41. The molecule has 0 aromatic heterocycles. The van der Waals surface area contributed by atoms with Crippen LogP contribution in [0.5, 0.6) is 0 Å². The van der Waals surface area contributed by atoms with Gasteiger partial charge in [0.25, 0.3) is 0 Å². The van der Waals surface area contributed by atoms with Crippen LogP contribution in [0.4, 0.5) is 0 Å². The number of halogens is 6. The van der Waals surface area contributed by atoms with E-state index in [4.69, 9.17) is 75.1 Å². The van der Waals surface area contributed by atoms with Crippen LogP contribution in [-0.4, -0.2) is 20.8 Å². The van der Waals surface area contributed by atoms with E-state index in [1.54, 1.807) is 0 Å². The molecule has 4 nitrogen and oxygen atoms in total. The number of rotatable bonds is 4. The zero-order chi connectivity index (χ0) is 12.3. The lowest BCUT2D eigenvalue weighted by Crippen LogP contribution is -2.18. The van der Waals surface area contributed by atoms with Gasteiger partial charge in [-0.3, -0.25) is 9.05 Å². The lowest BCUT2D eigenvalue weighted by molar-refractivity contribution is 0.210. The minimum absolute atomic E-state index is 0.509. The normalized spacial score (nSPS) is 14.3. The summed E-state index contributed by atoms with van der Waals surface area (Å²) in [5.74, 6) is 0. The van der Waals surface area contributed by atoms with Crippen molar-refractivity contribution in [3.8, 4) is 0 Å². The van der Waals surface area contributed by atoms with Crippen molar-refractivity contribution in [1.82, 2.24) is 0 Å². The fourth-order valence-electron chi connectivity index (χ4n) is 0.364. The van der Waals surface area contributed by atoms with Gasteiger partial charge in [0.15, 0.2) is 0 Å². The smallest absolute Gasteiger partial charge is 0.292 e. The van der Waals surface area contributed by atoms with Gasteiger partial charge < -0.3 is 0 Å². The number of nitrogens with two attached hydrogens (primary N) is 1. The molecular weight excluding hydrogens is 354 g/mol. The summed E-state index contributed by atoms with van der Waals surface area (Å²) < 4.78 is 16.8. The van der Waals surface area contributed by atoms with Crippen molar-refractivity contribution in [2.45, 2.75) is 7.59 Å². The van der Waals surface area contributed by atoms with Crippen LogP contribution >= 0.6 is 77.4 Å². The highest BCUT2D eigenvalue weighted by Crippen LogP contribution is 2.44. The van der Waals surface area contributed by atoms with Gasteiger partial charge in [0.1, 0.15) is 13.2 Å². The molecule has 0 aromatic carbocycles. The van der Waals surface area contributed by atoms with Crippen LogP contribution in [0.2, 0.25) is 0 Å². The molecule has 0 heterocycles. The fraction of sp³-hybridized carbons (Fsp3) is 1.00. The predicted molar refractivity (Wildman–Crippen MR) is 64.3 cm³/mol. The minimum Gasteiger partial charge on any atom is -0.292 e. The topological polar surface area (TPSA) is 61.6 Å². The molecule has 0 unspecified atom stereocenters.